The predicted octanol–water partition coefficient (Wildman–Crippen LogP) is 4.67. The van der Waals surface area contributed by atoms with Crippen molar-refractivity contribution in [1.29, 1.82) is 0 Å². The van der Waals surface area contributed by atoms with Crippen LogP contribution in [0.25, 0.3) is 0 Å². The van der Waals surface area contributed by atoms with Gasteiger partial charge in [-0.2, -0.15) is 0 Å². The van der Waals surface area contributed by atoms with Crippen LogP contribution in [-0.4, -0.2) is 19.0 Å². The summed E-state index contributed by atoms with van der Waals surface area (Å²) in [6, 6.07) is 0. The van der Waals surface area contributed by atoms with Crippen molar-refractivity contribution in [2.45, 2.75) is 90.4 Å². The zero-order chi connectivity index (χ0) is 12.3. The average molecular weight is 242 g/mol. The topological polar surface area (TPSA) is 18.5 Å². The molecule has 2 heteroatoms. The van der Waals surface area contributed by atoms with Gasteiger partial charge >= 0.3 is 0 Å². The Morgan fingerprint density at radius 2 is 1.47 bits per heavy atom. The molecule has 102 valence electrons. The molecule has 0 saturated carbocycles. The molecule has 2 nitrogen and oxygen atoms in total. The van der Waals surface area contributed by atoms with Crippen LogP contribution >= 0.6 is 0 Å². The van der Waals surface area contributed by atoms with Crippen molar-refractivity contribution in [3.8, 4) is 0 Å². The highest BCUT2D eigenvalue weighted by molar-refractivity contribution is 4.65. The van der Waals surface area contributed by atoms with Gasteiger partial charge in [-0.25, -0.2) is 0 Å². The van der Waals surface area contributed by atoms with Crippen LogP contribution in [0.1, 0.15) is 78.1 Å². The summed E-state index contributed by atoms with van der Waals surface area (Å²) < 4.78 is 11.6. The number of hydrogen-bond acceptors (Lipinski definition) is 2. The lowest BCUT2D eigenvalue weighted by atomic mass is 10.1. The van der Waals surface area contributed by atoms with Crippen molar-refractivity contribution >= 4 is 0 Å². The molecular formula is C15H30O2. The van der Waals surface area contributed by atoms with Crippen LogP contribution in [0.4, 0.5) is 0 Å². The minimum atomic E-state index is 0.100. The Morgan fingerprint density at radius 1 is 0.824 bits per heavy atom. The summed E-state index contributed by atoms with van der Waals surface area (Å²) in [5.74, 6) is 0. The van der Waals surface area contributed by atoms with Crippen molar-refractivity contribution in [1.82, 2.24) is 0 Å². The molecule has 2 atom stereocenters. The van der Waals surface area contributed by atoms with Gasteiger partial charge in [-0.15, -0.1) is 0 Å². The summed E-state index contributed by atoms with van der Waals surface area (Å²) in [5, 5.41) is 0. The molecule has 0 bridgehead atoms. The van der Waals surface area contributed by atoms with E-state index in [4.69, 9.17) is 9.47 Å². The number of unbranched alkanes of at least 4 members (excludes halogenated alkanes) is 6. The third kappa shape index (κ3) is 7.05. The van der Waals surface area contributed by atoms with Gasteiger partial charge in [-0.1, -0.05) is 58.8 Å². The van der Waals surface area contributed by atoms with Gasteiger partial charge in [-0.05, 0) is 19.3 Å². The molecule has 0 aromatic heterocycles. The molecule has 1 aliphatic heterocycles. The van der Waals surface area contributed by atoms with E-state index in [2.05, 4.69) is 13.8 Å². The second-order valence-corrected chi connectivity index (χ2v) is 5.22. The van der Waals surface area contributed by atoms with E-state index in [0.717, 1.165) is 13.0 Å². The van der Waals surface area contributed by atoms with E-state index in [1.807, 2.05) is 0 Å². The largest absolute Gasteiger partial charge is 0.350 e. The van der Waals surface area contributed by atoms with E-state index in [9.17, 15) is 0 Å². The maximum Gasteiger partial charge on any atom is 0.158 e. The molecule has 0 aromatic rings. The molecule has 1 aliphatic rings. The van der Waals surface area contributed by atoms with Crippen molar-refractivity contribution in [3.05, 3.63) is 0 Å². The van der Waals surface area contributed by atoms with Crippen molar-refractivity contribution in [2.75, 3.05) is 6.61 Å². The van der Waals surface area contributed by atoms with Gasteiger partial charge in [0.2, 0.25) is 0 Å². The van der Waals surface area contributed by atoms with Gasteiger partial charge in [0.25, 0.3) is 0 Å². The van der Waals surface area contributed by atoms with Crippen molar-refractivity contribution in [2.24, 2.45) is 0 Å². The van der Waals surface area contributed by atoms with E-state index in [-0.39, 0.29) is 6.29 Å². The summed E-state index contributed by atoms with van der Waals surface area (Å²) >= 11 is 0. The van der Waals surface area contributed by atoms with Gasteiger partial charge in [0, 0.05) is 0 Å². The second-order valence-electron chi connectivity index (χ2n) is 5.22. The monoisotopic (exact) mass is 242 g/mol. The zero-order valence-electron chi connectivity index (χ0n) is 11.7. The third-order valence-electron chi connectivity index (χ3n) is 3.49. The first-order chi connectivity index (χ1) is 8.36. The first-order valence-corrected chi connectivity index (χ1v) is 7.63. The summed E-state index contributed by atoms with van der Waals surface area (Å²) in [4.78, 5) is 0. The minimum absolute atomic E-state index is 0.100. The van der Waals surface area contributed by atoms with Crippen LogP contribution in [0.2, 0.25) is 0 Å². The highest BCUT2D eigenvalue weighted by Gasteiger charge is 2.24. The van der Waals surface area contributed by atoms with Gasteiger partial charge in [0.1, 0.15) is 0 Å². The normalized spacial score (nSPS) is 24.4. The first-order valence-electron chi connectivity index (χ1n) is 7.63. The lowest BCUT2D eigenvalue weighted by Gasteiger charge is -2.11. The molecule has 1 fully saturated rings. The molecular weight excluding hydrogens is 212 g/mol. The lowest BCUT2D eigenvalue weighted by molar-refractivity contribution is -0.0643. The number of hydrogen-bond donors (Lipinski definition) is 0. The van der Waals surface area contributed by atoms with Gasteiger partial charge in [0.05, 0.1) is 12.7 Å². The maximum atomic E-state index is 5.90. The molecule has 0 aromatic carbocycles. The fourth-order valence-electron chi connectivity index (χ4n) is 2.35. The molecule has 2 unspecified atom stereocenters. The van der Waals surface area contributed by atoms with Crippen LogP contribution < -0.4 is 0 Å². The fourth-order valence-corrected chi connectivity index (χ4v) is 2.35. The van der Waals surface area contributed by atoms with Crippen LogP contribution in [0.5, 0.6) is 0 Å². The van der Waals surface area contributed by atoms with Crippen molar-refractivity contribution in [3.63, 3.8) is 0 Å². The molecule has 0 aliphatic carbocycles. The van der Waals surface area contributed by atoms with Gasteiger partial charge < -0.3 is 9.47 Å². The Labute approximate surface area is 107 Å². The van der Waals surface area contributed by atoms with Crippen molar-refractivity contribution < 1.29 is 9.47 Å². The van der Waals surface area contributed by atoms with Gasteiger partial charge in [-0.3, -0.25) is 0 Å². The van der Waals surface area contributed by atoms with Crippen LogP contribution in [-0.2, 0) is 9.47 Å². The SMILES string of the molecule is CCCCCCC1COC(CCCCCC)O1. The molecule has 0 spiro atoms. The summed E-state index contributed by atoms with van der Waals surface area (Å²) in [5.41, 5.74) is 0. The summed E-state index contributed by atoms with van der Waals surface area (Å²) in [6.07, 6.45) is 13.3. The Morgan fingerprint density at radius 3 is 2.12 bits per heavy atom. The zero-order valence-corrected chi connectivity index (χ0v) is 11.7. The predicted molar refractivity (Wildman–Crippen MR) is 72.1 cm³/mol. The van der Waals surface area contributed by atoms with Crippen LogP contribution in [0, 0.1) is 0 Å². The number of ether oxygens (including phenoxy) is 2. The van der Waals surface area contributed by atoms with E-state index < -0.39 is 0 Å². The van der Waals surface area contributed by atoms with Crippen LogP contribution in [0.3, 0.4) is 0 Å². The Hall–Kier alpha value is -0.0800. The molecule has 0 N–H and O–H groups in total. The Balaban J connectivity index is 1.95. The van der Waals surface area contributed by atoms with Crippen LogP contribution in [0.15, 0.2) is 0 Å². The molecule has 1 rings (SSSR count). The summed E-state index contributed by atoms with van der Waals surface area (Å²) in [6.45, 7) is 5.32. The van der Waals surface area contributed by atoms with E-state index in [1.54, 1.807) is 0 Å². The standard InChI is InChI=1S/C15H30O2/c1-3-5-7-9-11-14-13-16-15(17-14)12-10-8-6-4-2/h14-15H,3-13H2,1-2H3. The quantitative estimate of drug-likeness (QED) is 0.518. The molecule has 0 radical (unpaired) electrons. The Kier molecular flexibility index (Phi) is 8.72. The smallest absolute Gasteiger partial charge is 0.158 e. The molecule has 1 saturated heterocycles. The van der Waals surface area contributed by atoms with Gasteiger partial charge in [0.15, 0.2) is 6.29 Å². The number of rotatable bonds is 10. The third-order valence-corrected chi connectivity index (χ3v) is 3.49. The maximum absolute atomic E-state index is 5.90. The Bertz CT molecular complexity index is 152. The first kappa shape index (κ1) is 15.0. The highest BCUT2D eigenvalue weighted by atomic mass is 16.7. The molecule has 1 heterocycles. The fraction of sp³-hybridized carbons (Fsp3) is 1.00. The molecule has 0 amide bonds. The molecule has 17 heavy (non-hydrogen) atoms. The minimum Gasteiger partial charge on any atom is -0.350 e. The van der Waals surface area contributed by atoms with E-state index >= 15 is 0 Å². The van der Waals surface area contributed by atoms with E-state index in [1.165, 1.54) is 57.8 Å². The average Bonchev–Trinajstić information content (AvgIpc) is 2.78. The summed E-state index contributed by atoms with van der Waals surface area (Å²) in [7, 11) is 0. The second kappa shape index (κ2) is 9.90. The lowest BCUT2D eigenvalue weighted by Crippen LogP contribution is -2.12. The highest BCUT2D eigenvalue weighted by Crippen LogP contribution is 2.21. The van der Waals surface area contributed by atoms with E-state index in [0.29, 0.717) is 6.10 Å².